The first kappa shape index (κ1) is 13.8. The van der Waals surface area contributed by atoms with Gasteiger partial charge in [-0.2, -0.15) is 0 Å². The van der Waals surface area contributed by atoms with Gasteiger partial charge < -0.3 is 15.0 Å². The number of piperidine rings is 1. The molecule has 2 aliphatic rings. The van der Waals surface area contributed by atoms with E-state index in [1.165, 1.54) is 16.6 Å². The number of rotatable bonds is 1. The molecule has 1 aromatic heterocycles. The van der Waals surface area contributed by atoms with Gasteiger partial charge in [0.2, 0.25) is 0 Å². The van der Waals surface area contributed by atoms with Gasteiger partial charge >= 0.3 is 5.97 Å². The molecule has 0 saturated carbocycles. The zero-order valence-corrected chi connectivity index (χ0v) is 12.7. The van der Waals surface area contributed by atoms with Gasteiger partial charge in [0.1, 0.15) is 6.04 Å². The van der Waals surface area contributed by atoms with Gasteiger partial charge in [-0.1, -0.05) is 18.2 Å². The van der Waals surface area contributed by atoms with Gasteiger partial charge in [-0.15, -0.1) is 0 Å². The van der Waals surface area contributed by atoms with E-state index >= 15 is 0 Å². The number of carbonyl (C=O) groups is 1. The molecule has 1 aromatic carbocycles. The number of aromatic nitrogens is 1. The summed E-state index contributed by atoms with van der Waals surface area (Å²) in [6.07, 6.45) is 2.42. The van der Waals surface area contributed by atoms with Crippen molar-refractivity contribution in [2.45, 2.75) is 30.8 Å². The molecule has 0 unspecified atom stereocenters. The molecule has 116 valence electrons. The van der Waals surface area contributed by atoms with Crippen molar-refractivity contribution >= 4 is 16.9 Å². The fourth-order valence-corrected chi connectivity index (χ4v) is 4.03. The second-order valence-corrected chi connectivity index (χ2v) is 6.65. The van der Waals surface area contributed by atoms with Crippen molar-refractivity contribution in [2.75, 3.05) is 20.1 Å². The summed E-state index contributed by atoms with van der Waals surface area (Å²) in [6, 6.07) is 7.71. The molecule has 0 bridgehead atoms. The van der Waals surface area contributed by atoms with E-state index in [4.69, 9.17) is 0 Å². The van der Waals surface area contributed by atoms with Crippen LogP contribution in [0.2, 0.25) is 0 Å². The summed E-state index contributed by atoms with van der Waals surface area (Å²) in [5.74, 6) is -0.755. The lowest BCUT2D eigenvalue weighted by molar-refractivity contribution is -0.140. The van der Waals surface area contributed by atoms with Crippen LogP contribution in [0.15, 0.2) is 24.3 Å². The van der Waals surface area contributed by atoms with E-state index in [-0.39, 0.29) is 5.54 Å². The summed E-state index contributed by atoms with van der Waals surface area (Å²) in [6.45, 7) is 1.96. The minimum Gasteiger partial charge on any atom is -0.480 e. The third-order valence-electron chi connectivity index (χ3n) is 5.29. The molecular weight excluding hydrogens is 278 g/mol. The molecule has 0 amide bonds. The molecule has 5 heteroatoms. The summed E-state index contributed by atoms with van der Waals surface area (Å²) >= 11 is 0. The van der Waals surface area contributed by atoms with Crippen LogP contribution in [-0.4, -0.2) is 47.1 Å². The number of para-hydroxylation sites is 1. The molecule has 1 atom stereocenters. The largest absolute Gasteiger partial charge is 0.480 e. The molecular formula is C17H21N3O2. The highest BCUT2D eigenvalue weighted by atomic mass is 16.4. The van der Waals surface area contributed by atoms with Crippen molar-refractivity contribution in [3.63, 3.8) is 0 Å². The molecule has 3 N–H and O–H groups in total. The number of likely N-dealkylation sites (tertiary alicyclic amines) is 1. The molecule has 2 aliphatic heterocycles. The highest BCUT2D eigenvalue weighted by Gasteiger charge is 2.45. The Labute approximate surface area is 129 Å². The smallest absolute Gasteiger partial charge is 0.321 e. The number of benzene rings is 1. The first-order chi connectivity index (χ1) is 10.6. The summed E-state index contributed by atoms with van der Waals surface area (Å²) < 4.78 is 0. The highest BCUT2D eigenvalue weighted by molar-refractivity contribution is 5.87. The average Bonchev–Trinajstić information content (AvgIpc) is 2.90. The maximum absolute atomic E-state index is 11.6. The Balaban J connectivity index is 1.88. The summed E-state index contributed by atoms with van der Waals surface area (Å²) in [5.41, 5.74) is 3.27. The Hall–Kier alpha value is -1.85. The van der Waals surface area contributed by atoms with Crippen LogP contribution in [0.5, 0.6) is 0 Å². The predicted octanol–water partition coefficient (Wildman–Crippen LogP) is 1.69. The van der Waals surface area contributed by atoms with Crippen molar-refractivity contribution in [1.29, 1.82) is 0 Å². The Morgan fingerprint density at radius 1 is 1.32 bits per heavy atom. The van der Waals surface area contributed by atoms with Gasteiger partial charge in [-0.25, -0.2) is 0 Å². The van der Waals surface area contributed by atoms with Gasteiger partial charge in [0.25, 0.3) is 0 Å². The third-order valence-corrected chi connectivity index (χ3v) is 5.29. The van der Waals surface area contributed by atoms with Crippen LogP contribution in [0.3, 0.4) is 0 Å². The SMILES string of the molecule is CN1CCC2(CC1)N[C@H](C(=O)O)Cc1c2[nH]c2ccccc12. The van der Waals surface area contributed by atoms with E-state index in [0.29, 0.717) is 6.42 Å². The lowest BCUT2D eigenvalue weighted by Crippen LogP contribution is -2.59. The number of fused-ring (bicyclic) bond motifs is 4. The predicted molar refractivity (Wildman–Crippen MR) is 85.0 cm³/mol. The van der Waals surface area contributed by atoms with Crippen LogP contribution >= 0.6 is 0 Å². The summed E-state index contributed by atoms with van der Waals surface area (Å²) in [5, 5.41) is 14.2. The third kappa shape index (κ3) is 1.96. The molecule has 4 rings (SSSR count). The van der Waals surface area contributed by atoms with Crippen molar-refractivity contribution in [3.05, 3.63) is 35.5 Å². The second kappa shape index (κ2) is 4.83. The average molecular weight is 299 g/mol. The number of nitrogens with zero attached hydrogens (tertiary/aromatic N) is 1. The molecule has 1 fully saturated rings. The van der Waals surface area contributed by atoms with Crippen molar-refractivity contribution in [2.24, 2.45) is 0 Å². The van der Waals surface area contributed by atoms with E-state index in [1.54, 1.807) is 0 Å². The van der Waals surface area contributed by atoms with Crippen LogP contribution in [-0.2, 0) is 16.8 Å². The lowest BCUT2D eigenvalue weighted by Gasteiger charge is -2.45. The summed E-state index contributed by atoms with van der Waals surface area (Å²) in [7, 11) is 2.12. The van der Waals surface area contributed by atoms with E-state index < -0.39 is 12.0 Å². The Bertz CT molecular complexity index is 729. The fraction of sp³-hybridized carbons (Fsp3) is 0.471. The highest BCUT2D eigenvalue weighted by Crippen LogP contribution is 2.41. The molecule has 0 radical (unpaired) electrons. The van der Waals surface area contributed by atoms with E-state index in [1.807, 2.05) is 12.1 Å². The topological polar surface area (TPSA) is 68.4 Å². The first-order valence-electron chi connectivity index (χ1n) is 7.88. The number of H-pyrrole nitrogens is 1. The van der Waals surface area contributed by atoms with E-state index in [9.17, 15) is 9.90 Å². The number of aromatic amines is 1. The molecule has 2 aromatic rings. The maximum Gasteiger partial charge on any atom is 0.321 e. The zero-order chi connectivity index (χ0) is 15.3. The zero-order valence-electron chi connectivity index (χ0n) is 12.7. The van der Waals surface area contributed by atoms with Gasteiger partial charge in [-0.05, 0) is 44.6 Å². The van der Waals surface area contributed by atoms with Crippen LogP contribution in [0.25, 0.3) is 10.9 Å². The van der Waals surface area contributed by atoms with Gasteiger partial charge in [0.05, 0.1) is 5.54 Å². The molecule has 22 heavy (non-hydrogen) atoms. The molecule has 1 saturated heterocycles. The Morgan fingerprint density at radius 2 is 2.05 bits per heavy atom. The van der Waals surface area contributed by atoms with Crippen molar-refractivity contribution < 1.29 is 9.90 Å². The Morgan fingerprint density at radius 3 is 2.77 bits per heavy atom. The van der Waals surface area contributed by atoms with Crippen LogP contribution < -0.4 is 5.32 Å². The molecule has 1 spiro atoms. The molecule has 3 heterocycles. The summed E-state index contributed by atoms with van der Waals surface area (Å²) in [4.78, 5) is 17.5. The van der Waals surface area contributed by atoms with E-state index in [2.05, 4.69) is 34.4 Å². The number of carboxylic acid groups (broad SMARTS) is 1. The number of nitrogens with one attached hydrogen (secondary N) is 2. The fourth-order valence-electron chi connectivity index (χ4n) is 4.03. The monoisotopic (exact) mass is 299 g/mol. The molecule has 0 aliphatic carbocycles. The first-order valence-corrected chi connectivity index (χ1v) is 7.88. The quantitative estimate of drug-likeness (QED) is 0.749. The van der Waals surface area contributed by atoms with Crippen LogP contribution in [0.4, 0.5) is 0 Å². The van der Waals surface area contributed by atoms with Gasteiger partial charge in [0, 0.05) is 23.0 Å². The number of hydrogen-bond donors (Lipinski definition) is 3. The second-order valence-electron chi connectivity index (χ2n) is 6.65. The van der Waals surface area contributed by atoms with Gasteiger partial charge in [-0.3, -0.25) is 10.1 Å². The lowest BCUT2D eigenvalue weighted by atomic mass is 9.77. The maximum atomic E-state index is 11.6. The normalized spacial score (nSPS) is 24.5. The van der Waals surface area contributed by atoms with Crippen LogP contribution in [0.1, 0.15) is 24.1 Å². The minimum absolute atomic E-state index is 0.234. The minimum atomic E-state index is -0.755. The van der Waals surface area contributed by atoms with Gasteiger partial charge in [0.15, 0.2) is 0 Å². The van der Waals surface area contributed by atoms with Crippen molar-refractivity contribution in [1.82, 2.24) is 15.2 Å². The standard InChI is InChI=1S/C17H21N3O2/c1-20-8-6-17(7-9-20)15-12(10-14(19-17)16(21)22)11-4-2-3-5-13(11)18-15/h2-5,14,18-19H,6-10H2,1H3,(H,21,22)/t14-/m0/s1. The molecule has 5 nitrogen and oxygen atoms in total. The van der Waals surface area contributed by atoms with E-state index in [0.717, 1.165) is 31.4 Å². The Kier molecular flexibility index (Phi) is 3.03. The number of carboxylic acids is 1. The van der Waals surface area contributed by atoms with Crippen LogP contribution in [0, 0.1) is 0 Å². The van der Waals surface area contributed by atoms with Crippen molar-refractivity contribution in [3.8, 4) is 0 Å². The number of aliphatic carboxylic acids is 1. The number of hydrogen-bond acceptors (Lipinski definition) is 3.